The van der Waals surface area contributed by atoms with E-state index >= 15 is 0 Å². The average molecular weight is 363 g/mol. The normalized spacial score (nSPS) is 11.4. The van der Waals surface area contributed by atoms with Crippen LogP contribution in [0, 0.1) is 13.8 Å². The van der Waals surface area contributed by atoms with E-state index in [1.165, 1.54) is 0 Å². The quantitative estimate of drug-likeness (QED) is 0.763. The molecule has 0 spiro atoms. The Hall–Kier alpha value is -3.02. The van der Waals surface area contributed by atoms with Crippen molar-refractivity contribution < 1.29 is 4.79 Å². The summed E-state index contributed by atoms with van der Waals surface area (Å²) in [5.74, 6) is 0.560. The molecule has 140 valence electrons. The largest absolute Gasteiger partial charge is 0.319 e. The first-order chi connectivity index (χ1) is 12.7. The van der Waals surface area contributed by atoms with Crippen LogP contribution in [0.4, 0.5) is 5.69 Å². The zero-order valence-corrected chi connectivity index (χ0v) is 16.4. The smallest absolute Gasteiger partial charge is 0.255 e. The van der Waals surface area contributed by atoms with E-state index in [0.717, 1.165) is 22.8 Å². The SMILES string of the molecule is Cc1cc(C)n(Cc2cccc(C(=O)Nc3cnc(C(C)(C)C)nc3)c2)n1. The van der Waals surface area contributed by atoms with E-state index in [-0.39, 0.29) is 11.3 Å². The molecule has 0 saturated heterocycles. The highest BCUT2D eigenvalue weighted by Gasteiger charge is 2.17. The number of benzene rings is 1. The maximum Gasteiger partial charge on any atom is 0.255 e. The number of hydrogen-bond donors (Lipinski definition) is 1. The number of nitrogens with one attached hydrogen (secondary N) is 1. The molecule has 6 nitrogen and oxygen atoms in total. The number of amides is 1. The Morgan fingerprint density at radius 1 is 1.11 bits per heavy atom. The molecule has 3 rings (SSSR count). The molecule has 1 N–H and O–H groups in total. The van der Waals surface area contributed by atoms with Crippen LogP contribution in [0.25, 0.3) is 0 Å². The molecule has 0 aliphatic heterocycles. The fourth-order valence-electron chi connectivity index (χ4n) is 2.80. The Morgan fingerprint density at radius 2 is 1.81 bits per heavy atom. The van der Waals surface area contributed by atoms with Crippen molar-refractivity contribution in [2.75, 3.05) is 5.32 Å². The van der Waals surface area contributed by atoms with Gasteiger partial charge in [-0.05, 0) is 37.6 Å². The first kappa shape index (κ1) is 18.8. The standard InChI is InChI=1S/C21H25N5O/c1-14-9-15(2)26(25-14)13-16-7-6-8-17(10-16)19(27)24-18-11-22-20(23-12-18)21(3,4)5/h6-12H,13H2,1-5H3,(H,24,27). The van der Waals surface area contributed by atoms with Gasteiger partial charge in [-0.3, -0.25) is 9.48 Å². The van der Waals surface area contributed by atoms with Crippen molar-refractivity contribution in [3.8, 4) is 0 Å². The number of rotatable bonds is 4. The monoisotopic (exact) mass is 363 g/mol. The number of hydrogen-bond acceptors (Lipinski definition) is 4. The van der Waals surface area contributed by atoms with Gasteiger partial charge in [-0.15, -0.1) is 0 Å². The van der Waals surface area contributed by atoms with Crippen molar-refractivity contribution in [1.82, 2.24) is 19.7 Å². The Morgan fingerprint density at radius 3 is 2.41 bits per heavy atom. The van der Waals surface area contributed by atoms with Gasteiger partial charge >= 0.3 is 0 Å². The van der Waals surface area contributed by atoms with E-state index < -0.39 is 0 Å². The van der Waals surface area contributed by atoms with Crippen LogP contribution < -0.4 is 5.32 Å². The summed E-state index contributed by atoms with van der Waals surface area (Å²) in [6.45, 7) is 10.8. The highest BCUT2D eigenvalue weighted by Crippen LogP contribution is 2.18. The molecular weight excluding hydrogens is 338 g/mol. The molecule has 2 aromatic heterocycles. The molecule has 0 unspecified atom stereocenters. The molecule has 2 heterocycles. The molecule has 0 aliphatic carbocycles. The number of aryl methyl sites for hydroxylation is 2. The number of carbonyl (C=O) groups excluding carboxylic acids is 1. The molecule has 1 amide bonds. The lowest BCUT2D eigenvalue weighted by Gasteiger charge is -2.16. The Bertz CT molecular complexity index is 951. The summed E-state index contributed by atoms with van der Waals surface area (Å²) in [7, 11) is 0. The van der Waals surface area contributed by atoms with Gasteiger partial charge in [0.15, 0.2) is 0 Å². The zero-order valence-electron chi connectivity index (χ0n) is 16.4. The van der Waals surface area contributed by atoms with Gasteiger partial charge in [0.2, 0.25) is 0 Å². The molecule has 6 heteroatoms. The van der Waals surface area contributed by atoms with Crippen LogP contribution in [0.2, 0.25) is 0 Å². The number of carbonyl (C=O) groups is 1. The van der Waals surface area contributed by atoms with Crippen molar-refractivity contribution >= 4 is 11.6 Å². The number of aromatic nitrogens is 4. The summed E-state index contributed by atoms with van der Waals surface area (Å²) >= 11 is 0. The van der Waals surface area contributed by atoms with Gasteiger partial charge in [-0.1, -0.05) is 32.9 Å². The third-order valence-electron chi connectivity index (χ3n) is 4.21. The zero-order chi connectivity index (χ0) is 19.6. The molecule has 27 heavy (non-hydrogen) atoms. The lowest BCUT2D eigenvalue weighted by atomic mass is 9.96. The van der Waals surface area contributed by atoms with Gasteiger partial charge in [-0.2, -0.15) is 5.10 Å². The summed E-state index contributed by atoms with van der Waals surface area (Å²) in [5.41, 5.74) is 4.15. The minimum atomic E-state index is -0.183. The fourth-order valence-corrected chi connectivity index (χ4v) is 2.80. The summed E-state index contributed by atoms with van der Waals surface area (Å²) in [6, 6.07) is 9.60. The third-order valence-corrected chi connectivity index (χ3v) is 4.21. The molecule has 3 aromatic rings. The summed E-state index contributed by atoms with van der Waals surface area (Å²) in [4.78, 5) is 21.3. The first-order valence-electron chi connectivity index (χ1n) is 8.96. The highest BCUT2D eigenvalue weighted by molar-refractivity contribution is 6.04. The van der Waals surface area contributed by atoms with Crippen LogP contribution in [0.5, 0.6) is 0 Å². The maximum atomic E-state index is 12.6. The van der Waals surface area contributed by atoms with Crippen LogP contribution in [-0.4, -0.2) is 25.7 Å². The van der Waals surface area contributed by atoms with E-state index in [0.29, 0.717) is 17.8 Å². The predicted octanol–water partition coefficient (Wildman–Crippen LogP) is 3.89. The summed E-state index contributed by atoms with van der Waals surface area (Å²) in [5, 5.41) is 7.33. The molecule has 0 fully saturated rings. The maximum absolute atomic E-state index is 12.6. The van der Waals surface area contributed by atoms with E-state index in [1.807, 2.05) is 42.8 Å². The van der Waals surface area contributed by atoms with Gasteiger partial charge < -0.3 is 5.32 Å². The van der Waals surface area contributed by atoms with E-state index in [1.54, 1.807) is 18.5 Å². The van der Waals surface area contributed by atoms with Crippen LogP contribution in [0.3, 0.4) is 0 Å². The lowest BCUT2D eigenvalue weighted by molar-refractivity contribution is 0.102. The Balaban J connectivity index is 1.72. The molecule has 0 radical (unpaired) electrons. The Labute approximate surface area is 159 Å². The molecule has 0 bridgehead atoms. The van der Waals surface area contributed by atoms with Gasteiger partial charge in [0.1, 0.15) is 5.82 Å². The highest BCUT2D eigenvalue weighted by atomic mass is 16.1. The minimum Gasteiger partial charge on any atom is -0.319 e. The average Bonchev–Trinajstić information content (AvgIpc) is 2.92. The second-order valence-corrected chi connectivity index (χ2v) is 7.78. The van der Waals surface area contributed by atoms with Crippen molar-refractivity contribution in [3.05, 3.63) is 71.1 Å². The van der Waals surface area contributed by atoms with Crippen LogP contribution in [0.1, 0.15) is 53.9 Å². The predicted molar refractivity (Wildman–Crippen MR) is 106 cm³/mol. The van der Waals surface area contributed by atoms with Crippen molar-refractivity contribution in [3.63, 3.8) is 0 Å². The number of anilines is 1. The van der Waals surface area contributed by atoms with Gasteiger partial charge in [-0.25, -0.2) is 9.97 Å². The van der Waals surface area contributed by atoms with Gasteiger partial charge in [0, 0.05) is 16.7 Å². The molecule has 0 aliphatic rings. The molecule has 0 atom stereocenters. The van der Waals surface area contributed by atoms with Crippen molar-refractivity contribution in [1.29, 1.82) is 0 Å². The van der Waals surface area contributed by atoms with Crippen LogP contribution >= 0.6 is 0 Å². The fraction of sp³-hybridized carbons (Fsp3) is 0.333. The first-order valence-corrected chi connectivity index (χ1v) is 8.96. The van der Waals surface area contributed by atoms with Gasteiger partial charge in [0.05, 0.1) is 30.3 Å². The van der Waals surface area contributed by atoms with Crippen LogP contribution in [-0.2, 0) is 12.0 Å². The van der Waals surface area contributed by atoms with E-state index in [4.69, 9.17) is 0 Å². The van der Waals surface area contributed by atoms with Crippen molar-refractivity contribution in [2.24, 2.45) is 0 Å². The third kappa shape index (κ3) is 4.58. The molecular formula is C21H25N5O. The molecule has 0 saturated carbocycles. The van der Waals surface area contributed by atoms with E-state index in [9.17, 15) is 4.79 Å². The number of nitrogens with zero attached hydrogens (tertiary/aromatic N) is 4. The Kier molecular flexibility index (Phi) is 5.08. The van der Waals surface area contributed by atoms with Crippen LogP contribution in [0.15, 0.2) is 42.7 Å². The second-order valence-electron chi connectivity index (χ2n) is 7.78. The van der Waals surface area contributed by atoms with E-state index in [2.05, 4.69) is 41.2 Å². The second kappa shape index (κ2) is 7.31. The van der Waals surface area contributed by atoms with Crippen molar-refractivity contribution in [2.45, 2.75) is 46.6 Å². The lowest BCUT2D eigenvalue weighted by Crippen LogP contribution is -2.17. The summed E-state index contributed by atoms with van der Waals surface area (Å²) in [6.07, 6.45) is 3.29. The summed E-state index contributed by atoms with van der Waals surface area (Å²) < 4.78 is 1.94. The van der Waals surface area contributed by atoms with Gasteiger partial charge in [0.25, 0.3) is 5.91 Å². The minimum absolute atomic E-state index is 0.125. The molecule has 1 aromatic carbocycles. The topological polar surface area (TPSA) is 72.7 Å².